The Labute approximate surface area is 190 Å². The number of allylic oxidation sites excluding steroid dienone is 3. The molecule has 0 bridgehead atoms. The zero-order valence-corrected chi connectivity index (χ0v) is 19.2. The van der Waals surface area contributed by atoms with E-state index in [4.69, 9.17) is 8.83 Å². The lowest BCUT2D eigenvalue weighted by atomic mass is 9.97. The van der Waals surface area contributed by atoms with Crippen LogP contribution in [0, 0.1) is 27.7 Å². The van der Waals surface area contributed by atoms with Crippen LogP contribution >= 0.6 is 0 Å². The number of carboxylic acids is 1. The van der Waals surface area contributed by atoms with Crippen molar-refractivity contribution in [2.45, 2.75) is 59.4 Å². The van der Waals surface area contributed by atoms with E-state index in [0.29, 0.717) is 35.1 Å². The van der Waals surface area contributed by atoms with Gasteiger partial charge in [0.25, 0.3) is 0 Å². The zero-order chi connectivity index (χ0) is 23.9. The van der Waals surface area contributed by atoms with E-state index in [1.165, 1.54) is 0 Å². The van der Waals surface area contributed by atoms with E-state index in [1.807, 2.05) is 52.0 Å². The Balaban J connectivity index is 1.61. The molecule has 0 fully saturated rings. The van der Waals surface area contributed by atoms with E-state index >= 15 is 0 Å². The third-order valence-electron chi connectivity index (χ3n) is 6.51. The number of amides is 1. The molecular weight excluding hydrogens is 422 g/mol. The number of fused-ring (bicyclic) bond motifs is 2. The van der Waals surface area contributed by atoms with Crippen molar-refractivity contribution in [2.24, 2.45) is 0 Å². The molecule has 2 aromatic heterocycles. The Bertz CT molecular complexity index is 1400. The van der Waals surface area contributed by atoms with Crippen molar-refractivity contribution in [3.63, 3.8) is 0 Å². The molecule has 0 unspecified atom stereocenters. The Morgan fingerprint density at radius 2 is 1.73 bits per heavy atom. The van der Waals surface area contributed by atoms with Gasteiger partial charge in [0.1, 0.15) is 23.0 Å². The van der Waals surface area contributed by atoms with Gasteiger partial charge in [0.05, 0.1) is 0 Å². The number of rotatable bonds is 6. The number of aryl methyl sites for hydroxylation is 4. The van der Waals surface area contributed by atoms with Gasteiger partial charge < -0.3 is 19.3 Å². The minimum atomic E-state index is -1.10. The summed E-state index contributed by atoms with van der Waals surface area (Å²) in [5, 5.41) is 13.9. The molecule has 7 heteroatoms. The molecule has 1 amide bonds. The van der Waals surface area contributed by atoms with Gasteiger partial charge in [0.2, 0.25) is 5.91 Å². The second-order valence-corrected chi connectivity index (χ2v) is 8.56. The summed E-state index contributed by atoms with van der Waals surface area (Å²) in [7, 11) is 0. The summed E-state index contributed by atoms with van der Waals surface area (Å²) < 4.78 is 11.5. The summed E-state index contributed by atoms with van der Waals surface area (Å²) in [5.41, 5.74) is 4.33. The average molecular weight is 450 g/mol. The average Bonchev–Trinajstić information content (AvgIpc) is 3.07. The fraction of sp³-hybridized carbons (Fsp3) is 0.346. The van der Waals surface area contributed by atoms with Crippen LogP contribution in [0.4, 0.5) is 0 Å². The number of furan rings is 1. The number of hydrogen-bond acceptors (Lipinski definition) is 5. The van der Waals surface area contributed by atoms with E-state index in [-0.39, 0.29) is 12.8 Å². The van der Waals surface area contributed by atoms with Gasteiger partial charge in [0.15, 0.2) is 0 Å². The predicted molar refractivity (Wildman–Crippen MR) is 126 cm³/mol. The van der Waals surface area contributed by atoms with Crippen LogP contribution in [-0.4, -0.2) is 23.0 Å². The molecule has 2 heterocycles. The van der Waals surface area contributed by atoms with Crippen LogP contribution in [0.15, 0.2) is 43.5 Å². The molecule has 7 nitrogen and oxygen atoms in total. The van der Waals surface area contributed by atoms with Crippen LogP contribution in [-0.2, 0) is 16.0 Å². The van der Waals surface area contributed by atoms with E-state index in [9.17, 15) is 19.5 Å². The quantitative estimate of drug-likeness (QED) is 0.422. The molecule has 33 heavy (non-hydrogen) atoms. The smallest absolute Gasteiger partial charge is 0.339 e. The lowest BCUT2D eigenvalue weighted by molar-refractivity contribution is -0.140. The summed E-state index contributed by atoms with van der Waals surface area (Å²) in [6.07, 6.45) is 6.94. The number of benzene rings is 1. The molecule has 0 spiro atoms. The monoisotopic (exact) mass is 449 g/mol. The standard InChI is InChI=1S/C26H27NO6/c1-13-16(4)32-23-15(3)24-20(12-19(13)23)14(2)18(26(31)33-24)10-11-21(28)27-22(25(29)30)17-8-6-5-7-9-17/h5-6,9,12,22H,7-8,10-11H2,1-4H3,(H,27,28)(H,29,30)/t22-/m0/s1. The minimum Gasteiger partial charge on any atom is -0.479 e. The Morgan fingerprint density at radius 1 is 1.03 bits per heavy atom. The normalized spacial score (nSPS) is 14.5. The fourth-order valence-corrected chi connectivity index (χ4v) is 4.42. The Kier molecular flexibility index (Phi) is 5.97. The van der Waals surface area contributed by atoms with Crippen molar-refractivity contribution in [3.05, 3.63) is 68.3 Å². The van der Waals surface area contributed by atoms with Crippen molar-refractivity contribution in [1.82, 2.24) is 5.32 Å². The zero-order valence-electron chi connectivity index (χ0n) is 19.2. The maximum absolute atomic E-state index is 12.8. The number of carboxylic acid groups (broad SMARTS) is 1. The van der Waals surface area contributed by atoms with E-state index in [1.54, 1.807) is 0 Å². The van der Waals surface area contributed by atoms with Crippen molar-refractivity contribution in [1.29, 1.82) is 0 Å². The van der Waals surface area contributed by atoms with Crippen LogP contribution in [0.1, 0.15) is 47.3 Å². The highest BCUT2D eigenvalue weighted by molar-refractivity contribution is 6.00. The summed E-state index contributed by atoms with van der Waals surface area (Å²) in [6.45, 7) is 7.60. The Morgan fingerprint density at radius 3 is 2.39 bits per heavy atom. The highest BCUT2D eigenvalue weighted by atomic mass is 16.4. The van der Waals surface area contributed by atoms with Crippen LogP contribution in [0.5, 0.6) is 0 Å². The van der Waals surface area contributed by atoms with Gasteiger partial charge >= 0.3 is 11.6 Å². The molecule has 1 aliphatic rings. The van der Waals surface area contributed by atoms with E-state index in [0.717, 1.165) is 33.2 Å². The maximum atomic E-state index is 12.8. The van der Waals surface area contributed by atoms with Crippen molar-refractivity contribution < 1.29 is 23.5 Å². The largest absolute Gasteiger partial charge is 0.479 e. The summed E-state index contributed by atoms with van der Waals surface area (Å²) in [4.78, 5) is 37.0. The molecule has 2 N–H and O–H groups in total. The van der Waals surface area contributed by atoms with Gasteiger partial charge in [-0.25, -0.2) is 9.59 Å². The fourth-order valence-electron chi connectivity index (χ4n) is 4.42. The van der Waals surface area contributed by atoms with Crippen LogP contribution in [0.2, 0.25) is 0 Å². The second-order valence-electron chi connectivity index (χ2n) is 8.56. The molecule has 4 rings (SSSR count). The summed E-state index contributed by atoms with van der Waals surface area (Å²) >= 11 is 0. The third-order valence-corrected chi connectivity index (χ3v) is 6.51. The topological polar surface area (TPSA) is 110 Å². The highest BCUT2D eigenvalue weighted by Gasteiger charge is 2.25. The van der Waals surface area contributed by atoms with E-state index in [2.05, 4.69) is 5.32 Å². The molecule has 0 radical (unpaired) electrons. The SMILES string of the molecule is Cc1oc2c(C)c3oc(=O)c(CCC(=O)N[C@H](C(=O)O)C4=CCC=CC4)c(C)c3cc2c1C. The second kappa shape index (κ2) is 8.73. The lowest BCUT2D eigenvalue weighted by Gasteiger charge is -2.19. The first-order chi connectivity index (χ1) is 15.7. The number of carbonyl (C=O) groups is 2. The summed E-state index contributed by atoms with van der Waals surface area (Å²) in [6, 6.07) is 0.898. The molecule has 0 aliphatic heterocycles. The third kappa shape index (κ3) is 4.11. The molecule has 3 aromatic rings. The molecular formula is C26H27NO6. The number of hydrogen-bond donors (Lipinski definition) is 2. The van der Waals surface area contributed by atoms with Crippen LogP contribution in [0.25, 0.3) is 21.9 Å². The van der Waals surface area contributed by atoms with Gasteiger partial charge in [-0.05, 0) is 69.7 Å². The first kappa shape index (κ1) is 22.6. The highest BCUT2D eigenvalue weighted by Crippen LogP contribution is 2.34. The summed E-state index contributed by atoms with van der Waals surface area (Å²) in [5.74, 6) is -0.710. The number of carbonyl (C=O) groups excluding carboxylic acids is 1. The molecule has 1 atom stereocenters. The van der Waals surface area contributed by atoms with Crippen molar-refractivity contribution >= 4 is 33.8 Å². The number of aliphatic carboxylic acids is 1. The molecule has 172 valence electrons. The number of nitrogens with one attached hydrogen (secondary N) is 1. The first-order valence-corrected chi connectivity index (χ1v) is 11.0. The van der Waals surface area contributed by atoms with Crippen LogP contribution < -0.4 is 10.9 Å². The maximum Gasteiger partial charge on any atom is 0.339 e. The molecule has 1 aliphatic carbocycles. The lowest BCUT2D eigenvalue weighted by Crippen LogP contribution is -2.42. The van der Waals surface area contributed by atoms with Crippen molar-refractivity contribution in [2.75, 3.05) is 0 Å². The molecule has 1 aromatic carbocycles. The van der Waals surface area contributed by atoms with Gasteiger partial charge in [-0.1, -0.05) is 18.2 Å². The molecule has 0 saturated heterocycles. The molecule has 0 saturated carbocycles. The minimum absolute atomic E-state index is 0.0188. The van der Waals surface area contributed by atoms with E-state index < -0.39 is 23.5 Å². The van der Waals surface area contributed by atoms with Crippen molar-refractivity contribution in [3.8, 4) is 0 Å². The Hall–Kier alpha value is -3.61. The predicted octanol–water partition coefficient (Wildman–Crippen LogP) is 4.55. The van der Waals surface area contributed by atoms with Gasteiger partial charge in [0, 0.05) is 28.3 Å². The first-order valence-electron chi connectivity index (χ1n) is 11.0. The van der Waals surface area contributed by atoms with Crippen LogP contribution in [0.3, 0.4) is 0 Å². The van der Waals surface area contributed by atoms with Gasteiger partial charge in [-0.2, -0.15) is 0 Å². The van der Waals surface area contributed by atoms with Gasteiger partial charge in [-0.15, -0.1) is 0 Å². The van der Waals surface area contributed by atoms with Gasteiger partial charge in [-0.3, -0.25) is 4.79 Å².